The van der Waals surface area contributed by atoms with Crippen LogP contribution in [0.2, 0.25) is 47.3 Å². The summed E-state index contributed by atoms with van der Waals surface area (Å²) in [6.45, 7) is 20.8. The Morgan fingerprint density at radius 3 is 0.776 bits per heavy atom. The number of hydrogen-bond acceptors (Lipinski definition) is 18. The molecule has 26 heteroatoms. The van der Waals surface area contributed by atoms with Gasteiger partial charge in [-0.3, -0.25) is 0 Å². The minimum atomic E-state index is -4.11. The summed E-state index contributed by atoms with van der Waals surface area (Å²) < 4.78 is 91.1. The highest BCUT2D eigenvalue weighted by molar-refractivity contribution is 6.94. The monoisotopic (exact) mass is 948 g/mol. The molecule has 3 saturated heterocycles. The third kappa shape index (κ3) is 16.6. The molecule has 0 aromatic heterocycles. The molecule has 0 unspecified atom stereocenters. The van der Waals surface area contributed by atoms with Crippen molar-refractivity contribution in [3.05, 3.63) is 48.6 Å². The van der Waals surface area contributed by atoms with Gasteiger partial charge in [-0.1, -0.05) is 49.5 Å². The maximum Gasteiger partial charge on any atom is 0.633 e. The molecule has 0 aliphatic carbocycles. The van der Waals surface area contributed by atoms with Crippen molar-refractivity contribution in [2.75, 3.05) is 26.4 Å². The molecular formula is C32H56Al4O18Si4. The van der Waals surface area contributed by atoms with Gasteiger partial charge in [-0.05, 0) is 53.4 Å². The Kier molecular flexibility index (Phi) is 21.2. The lowest BCUT2D eigenvalue weighted by atomic mass is 10.4. The molecule has 0 atom stereocenters. The van der Waals surface area contributed by atoms with Gasteiger partial charge in [0, 0.05) is 46.5 Å². The second-order valence-electron chi connectivity index (χ2n) is 14.2. The Bertz CT molecular complexity index is 1330. The van der Waals surface area contributed by atoms with Crippen LogP contribution in [0.25, 0.3) is 0 Å². The van der Waals surface area contributed by atoms with Gasteiger partial charge in [0.05, 0.1) is 26.4 Å². The average Bonchev–Trinajstić information content (AvgIpc) is 3.09. The van der Waals surface area contributed by atoms with Gasteiger partial charge in [0.15, 0.2) is 0 Å². The summed E-state index contributed by atoms with van der Waals surface area (Å²) in [6, 6.07) is 0.443. The number of rotatable bonds is 20. The van der Waals surface area contributed by atoms with E-state index < -0.39 is 118 Å². The predicted octanol–water partition coefficient (Wildman–Crippen LogP) is 4.46. The third-order valence-electron chi connectivity index (χ3n) is 8.23. The summed E-state index contributed by atoms with van der Waals surface area (Å²) in [5.41, 5.74) is 0.972. The van der Waals surface area contributed by atoms with Gasteiger partial charge in [0.2, 0.25) is 0 Å². The largest absolute Gasteiger partial charge is 0.633 e. The molecule has 0 spiro atoms. The number of ether oxygens (including phenoxy) is 4. The van der Waals surface area contributed by atoms with Crippen molar-refractivity contribution in [1.29, 1.82) is 0 Å². The number of carbonyl (C=O) groups excluding carboxylic acids is 4. The molecule has 0 aromatic carbocycles. The maximum absolute atomic E-state index is 12.4. The molecule has 0 amide bonds. The molecular weight excluding hydrogens is 893 g/mol. The summed E-state index contributed by atoms with van der Waals surface area (Å²) in [6.07, 6.45) is 0.950. The zero-order valence-electron chi connectivity index (χ0n) is 35.0. The van der Waals surface area contributed by atoms with E-state index in [4.69, 9.17) is 55.0 Å². The molecule has 3 rings (SSSR count). The molecule has 3 fully saturated rings. The lowest BCUT2D eigenvalue weighted by Gasteiger charge is -2.54. The van der Waals surface area contributed by atoms with Gasteiger partial charge < -0.3 is 55.0 Å². The molecule has 58 heavy (non-hydrogen) atoms. The molecule has 3 heterocycles. The Morgan fingerprint density at radius 1 is 0.414 bits per heavy atom. The van der Waals surface area contributed by atoms with E-state index >= 15 is 0 Å². The third-order valence-corrected chi connectivity index (χ3v) is 39.2. The Hall–Kier alpha value is -0.563. The standard InChI is InChI=1S/C28H44O16Si4.4CH3.4Al.2O/c1-21(2)25(29)37-13-9-17-45(33)41-46(34,18-10-14-38-26(30)22(3)4)43-48(36,20-12-16-40-28(32)24(7)8)44-47(35,42-45)19-11-15-39-27(31)23(5)6;;;;;;;;;;/h1,3,5,7,9-20H2,2,4,6,8H3;4*1H3;;;;;;/q-4;;;;;4*+1;;. The SMILES string of the molecule is C=C(C)C(=O)OCCC[Si]12[O][Al]([CH3])[O][Al]([CH3])[O][Si](CCCOC(=O)C(=C)C)(O1)O[Si]1(CCCOC(=O)C(=C)C)[O][Al]([CH3])[O][Al]([CH3])[O][Si](CCCOC(=O)C(=C)C)(O1)O2. The zero-order chi connectivity index (χ0) is 43.3. The minimum Gasteiger partial charge on any atom is -0.593 e. The molecule has 0 N–H and O–H groups in total. The van der Waals surface area contributed by atoms with Crippen LogP contribution in [0.4, 0.5) is 0 Å². The van der Waals surface area contributed by atoms with Gasteiger partial charge in [-0.2, -0.15) is 0 Å². The summed E-state index contributed by atoms with van der Waals surface area (Å²) >= 11 is -10.2. The smallest absolute Gasteiger partial charge is 0.593 e. The normalized spacial score (nSPS) is 26.1. The van der Waals surface area contributed by atoms with Crippen LogP contribution < -0.4 is 0 Å². The van der Waals surface area contributed by atoms with Crippen LogP contribution in [-0.4, -0.2) is 145 Å². The average molecular weight is 949 g/mol. The predicted molar refractivity (Wildman–Crippen MR) is 221 cm³/mol. The number of hydrogen-bond donors (Lipinski definition) is 0. The van der Waals surface area contributed by atoms with Gasteiger partial charge in [-0.25, -0.2) is 19.2 Å². The summed E-state index contributed by atoms with van der Waals surface area (Å²) in [5, 5.41) is 0. The van der Waals surface area contributed by atoms with E-state index in [1.165, 1.54) is 0 Å². The van der Waals surface area contributed by atoms with Crippen LogP contribution in [0.1, 0.15) is 53.4 Å². The van der Waals surface area contributed by atoms with Gasteiger partial charge in [0.25, 0.3) is 0 Å². The first kappa shape index (κ1) is 51.8. The second-order valence-corrected chi connectivity index (χ2v) is 35.5. The first-order valence-corrected chi connectivity index (χ1v) is 35.4. The van der Waals surface area contributed by atoms with Crippen LogP contribution in [0, 0.1) is 0 Å². The molecule has 0 radical (unpaired) electrons. The van der Waals surface area contributed by atoms with E-state index in [1.807, 2.05) is 23.1 Å². The van der Waals surface area contributed by atoms with E-state index in [0.717, 1.165) is 0 Å². The molecule has 18 nitrogen and oxygen atoms in total. The summed E-state index contributed by atoms with van der Waals surface area (Å²) in [4.78, 5) is 49.4. The fourth-order valence-electron chi connectivity index (χ4n) is 5.84. The second kappa shape index (κ2) is 23.8. The first-order valence-electron chi connectivity index (χ1n) is 19.3. The first-order chi connectivity index (χ1) is 27.1. The van der Waals surface area contributed by atoms with Crippen molar-refractivity contribution >= 4 is 118 Å². The Balaban J connectivity index is 2.20. The lowest BCUT2D eigenvalue weighted by molar-refractivity contribution is -0.139. The van der Waals surface area contributed by atoms with Crippen LogP contribution in [0.3, 0.4) is 0 Å². The van der Waals surface area contributed by atoms with E-state index in [1.54, 1.807) is 27.7 Å². The lowest BCUT2D eigenvalue weighted by Crippen LogP contribution is -2.77. The van der Waals surface area contributed by atoms with Crippen LogP contribution in [-0.2, 0) is 74.2 Å². The molecule has 320 valence electrons. The maximum atomic E-state index is 12.4. The molecule has 4 bridgehead atoms. The van der Waals surface area contributed by atoms with Crippen molar-refractivity contribution in [3.8, 4) is 0 Å². The van der Waals surface area contributed by atoms with Gasteiger partial charge in [-0.15, -0.1) is 0 Å². The van der Waals surface area contributed by atoms with Crippen LogP contribution in [0.5, 0.6) is 0 Å². The van der Waals surface area contributed by atoms with E-state index in [0.29, 0.717) is 0 Å². The molecule has 0 saturated carbocycles. The highest BCUT2D eigenvalue weighted by Crippen LogP contribution is 2.43. The minimum absolute atomic E-state index is 0.0131. The Labute approximate surface area is 365 Å². The summed E-state index contributed by atoms with van der Waals surface area (Å²) in [7, 11) is -16.4. The molecule has 0 aromatic rings. The van der Waals surface area contributed by atoms with Gasteiger partial charge >= 0.3 is 118 Å². The Morgan fingerprint density at radius 2 is 0.603 bits per heavy atom. The molecule has 3 aliphatic heterocycles. The van der Waals surface area contributed by atoms with Crippen LogP contribution in [0.15, 0.2) is 48.6 Å². The summed E-state index contributed by atoms with van der Waals surface area (Å²) in [5.74, 6) is 5.15. The number of esters is 4. The van der Waals surface area contributed by atoms with E-state index in [-0.39, 0.29) is 98.6 Å². The van der Waals surface area contributed by atoms with E-state index in [9.17, 15) is 19.2 Å². The van der Waals surface area contributed by atoms with Crippen molar-refractivity contribution in [2.45, 2.75) is 101 Å². The van der Waals surface area contributed by atoms with Crippen molar-refractivity contribution in [2.24, 2.45) is 0 Å². The highest BCUT2D eigenvalue weighted by atomic mass is 28.6. The van der Waals surface area contributed by atoms with Crippen LogP contribution >= 0.6 is 0 Å². The number of carbonyl (C=O) groups is 4. The van der Waals surface area contributed by atoms with Crippen molar-refractivity contribution in [1.82, 2.24) is 0 Å². The quantitative estimate of drug-likeness (QED) is 0.0545. The van der Waals surface area contributed by atoms with Crippen molar-refractivity contribution in [3.63, 3.8) is 0 Å². The van der Waals surface area contributed by atoms with E-state index in [2.05, 4.69) is 26.3 Å². The topological polar surface area (TPSA) is 197 Å². The zero-order valence-corrected chi connectivity index (χ0v) is 43.6. The van der Waals surface area contributed by atoms with Crippen molar-refractivity contribution < 1.29 is 74.2 Å². The fourth-order valence-corrected chi connectivity index (χ4v) is 43.3. The number of fused-ring (bicyclic) bond motifs is 4. The highest BCUT2D eigenvalue weighted by Gasteiger charge is 2.70. The fraction of sp³-hybridized carbons (Fsp3) is 0.625. The molecule has 3 aliphatic rings. The van der Waals surface area contributed by atoms with Gasteiger partial charge in [0.1, 0.15) is 0 Å².